The van der Waals surface area contributed by atoms with Gasteiger partial charge in [0.15, 0.2) is 0 Å². The van der Waals surface area contributed by atoms with E-state index < -0.39 is 0 Å². The summed E-state index contributed by atoms with van der Waals surface area (Å²) in [6.45, 7) is 4.23. The second-order valence-electron chi connectivity index (χ2n) is 4.75. The Labute approximate surface area is 118 Å². The lowest BCUT2D eigenvalue weighted by molar-refractivity contribution is 0.298. The SMILES string of the molecule is CNC(C)c1ccc(OCc2ncccc2C)cc1F. The first-order valence-corrected chi connectivity index (χ1v) is 6.62. The van der Waals surface area contributed by atoms with E-state index in [1.165, 1.54) is 6.07 Å². The number of ether oxygens (including phenoxy) is 1. The minimum Gasteiger partial charge on any atom is -0.487 e. The normalized spacial score (nSPS) is 12.2. The molecule has 0 saturated carbocycles. The Morgan fingerprint density at radius 1 is 1.35 bits per heavy atom. The molecule has 0 aliphatic heterocycles. The average molecular weight is 274 g/mol. The first-order chi connectivity index (χ1) is 9.61. The van der Waals surface area contributed by atoms with E-state index in [4.69, 9.17) is 4.74 Å². The molecule has 1 aromatic heterocycles. The maximum atomic E-state index is 14.0. The smallest absolute Gasteiger partial charge is 0.131 e. The monoisotopic (exact) mass is 274 g/mol. The highest BCUT2D eigenvalue weighted by molar-refractivity contribution is 5.31. The Kier molecular flexibility index (Phi) is 4.69. The third-order valence-corrected chi connectivity index (χ3v) is 3.36. The van der Waals surface area contributed by atoms with Gasteiger partial charge in [0.2, 0.25) is 0 Å². The van der Waals surface area contributed by atoms with Gasteiger partial charge in [-0.05, 0) is 38.6 Å². The van der Waals surface area contributed by atoms with Crippen molar-refractivity contribution in [3.8, 4) is 5.75 Å². The van der Waals surface area contributed by atoms with E-state index in [2.05, 4.69) is 10.3 Å². The molecule has 0 amide bonds. The molecule has 1 N–H and O–H groups in total. The van der Waals surface area contributed by atoms with E-state index in [0.29, 0.717) is 17.9 Å². The van der Waals surface area contributed by atoms with Gasteiger partial charge in [0.05, 0.1) is 5.69 Å². The highest BCUT2D eigenvalue weighted by Crippen LogP contribution is 2.22. The molecule has 3 nitrogen and oxygen atoms in total. The summed E-state index contributed by atoms with van der Waals surface area (Å²) in [5, 5.41) is 3.02. The minimum absolute atomic E-state index is 0.0258. The summed E-state index contributed by atoms with van der Waals surface area (Å²) >= 11 is 0. The van der Waals surface area contributed by atoms with Crippen molar-refractivity contribution in [1.82, 2.24) is 10.3 Å². The van der Waals surface area contributed by atoms with Gasteiger partial charge in [0.1, 0.15) is 18.2 Å². The first-order valence-electron chi connectivity index (χ1n) is 6.62. The van der Waals surface area contributed by atoms with Crippen LogP contribution >= 0.6 is 0 Å². The second kappa shape index (κ2) is 6.48. The quantitative estimate of drug-likeness (QED) is 0.907. The van der Waals surface area contributed by atoms with E-state index in [9.17, 15) is 4.39 Å². The number of pyridine rings is 1. The van der Waals surface area contributed by atoms with Crippen molar-refractivity contribution in [2.24, 2.45) is 0 Å². The summed E-state index contributed by atoms with van der Waals surface area (Å²) in [4.78, 5) is 4.25. The Morgan fingerprint density at radius 2 is 2.15 bits per heavy atom. The van der Waals surface area contributed by atoms with Gasteiger partial charge in [-0.1, -0.05) is 12.1 Å². The molecular weight excluding hydrogens is 255 g/mol. The molecular formula is C16H19FN2O. The highest BCUT2D eigenvalue weighted by Gasteiger charge is 2.10. The lowest BCUT2D eigenvalue weighted by Crippen LogP contribution is -2.13. The molecule has 2 aromatic rings. The van der Waals surface area contributed by atoms with Crippen molar-refractivity contribution in [3.05, 3.63) is 59.2 Å². The van der Waals surface area contributed by atoms with Crippen LogP contribution in [0.5, 0.6) is 5.75 Å². The molecule has 2 rings (SSSR count). The lowest BCUT2D eigenvalue weighted by atomic mass is 10.1. The summed E-state index contributed by atoms with van der Waals surface area (Å²) in [5.41, 5.74) is 2.56. The van der Waals surface area contributed by atoms with Gasteiger partial charge in [-0.25, -0.2) is 4.39 Å². The molecule has 0 fully saturated rings. The zero-order valence-corrected chi connectivity index (χ0v) is 12.0. The zero-order valence-electron chi connectivity index (χ0n) is 12.0. The average Bonchev–Trinajstić information content (AvgIpc) is 2.46. The van der Waals surface area contributed by atoms with Crippen molar-refractivity contribution in [1.29, 1.82) is 0 Å². The predicted molar refractivity (Wildman–Crippen MR) is 77.2 cm³/mol. The molecule has 4 heteroatoms. The summed E-state index contributed by atoms with van der Waals surface area (Å²) in [5.74, 6) is 0.252. The van der Waals surface area contributed by atoms with Crippen molar-refractivity contribution >= 4 is 0 Å². The van der Waals surface area contributed by atoms with Gasteiger partial charge < -0.3 is 10.1 Å². The first kappa shape index (κ1) is 14.5. The summed E-state index contributed by atoms with van der Waals surface area (Å²) in [6.07, 6.45) is 1.73. The third-order valence-electron chi connectivity index (χ3n) is 3.36. The van der Waals surface area contributed by atoms with Gasteiger partial charge in [-0.3, -0.25) is 4.98 Å². The maximum Gasteiger partial charge on any atom is 0.131 e. The Balaban J connectivity index is 2.08. The Bertz CT molecular complexity index is 586. The van der Waals surface area contributed by atoms with Crippen LogP contribution in [0.3, 0.4) is 0 Å². The lowest BCUT2D eigenvalue weighted by Gasteiger charge is -2.13. The molecule has 106 valence electrons. The standard InChI is InChI=1S/C16H19FN2O/c1-11-5-4-8-19-16(11)10-20-13-6-7-14(12(2)18-3)15(17)9-13/h4-9,12,18H,10H2,1-3H3. The third kappa shape index (κ3) is 3.33. The predicted octanol–water partition coefficient (Wildman–Crippen LogP) is 3.39. The topological polar surface area (TPSA) is 34.1 Å². The van der Waals surface area contributed by atoms with Crippen molar-refractivity contribution in [2.45, 2.75) is 26.5 Å². The molecule has 0 aliphatic rings. The maximum absolute atomic E-state index is 14.0. The van der Waals surface area contributed by atoms with Gasteiger partial charge in [-0.2, -0.15) is 0 Å². The summed E-state index contributed by atoms with van der Waals surface area (Å²) in [6, 6.07) is 8.78. The van der Waals surface area contributed by atoms with Crippen LogP contribution in [0.25, 0.3) is 0 Å². The Hall–Kier alpha value is -1.94. The minimum atomic E-state index is -0.262. The van der Waals surface area contributed by atoms with Crippen LogP contribution in [0.2, 0.25) is 0 Å². The number of rotatable bonds is 5. The number of hydrogen-bond acceptors (Lipinski definition) is 3. The molecule has 1 unspecified atom stereocenters. The number of aryl methyl sites for hydroxylation is 1. The van der Waals surface area contributed by atoms with Crippen molar-refractivity contribution in [3.63, 3.8) is 0 Å². The molecule has 1 heterocycles. The molecule has 0 spiro atoms. The number of benzene rings is 1. The highest BCUT2D eigenvalue weighted by atomic mass is 19.1. The molecule has 0 radical (unpaired) electrons. The number of halogens is 1. The summed E-state index contributed by atoms with van der Waals surface area (Å²) in [7, 11) is 1.80. The molecule has 0 aliphatic carbocycles. The fourth-order valence-electron chi connectivity index (χ4n) is 1.93. The second-order valence-corrected chi connectivity index (χ2v) is 4.75. The van der Waals surface area contributed by atoms with Gasteiger partial charge in [-0.15, -0.1) is 0 Å². The van der Waals surface area contributed by atoms with Crippen LogP contribution in [0.15, 0.2) is 36.5 Å². The van der Waals surface area contributed by atoms with E-state index in [0.717, 1.165) is 11.3 Å². The van der Waals surface area contributed by atoms with E-state index in [-0.39, 0.29) is 11.9 Å². The largest absolute Gasteiger partial charge is 0.487 e. The van der Waals surface area contributed by atoms with Crippen molar-refractivity contribution < 1.29 is 9.13 Å². The fourth-order valence-corrected chi connectivity index (χ4v) is 1.93. The number of nitrogens with zero attached hydrogens (tertiary/aromatic N) is 1. The fraction of sp³-hybridized carbons (Fsp3) is 0.312. The number of hydrogen-bond donors (Lipinski definition) is 1. The molecule has 0 bridgehead atoms. The summed E-state index contributed by atoms with van der Waals surface area (Å²) < 4.78 is 19.6. The van der Waals surface area contributed by atoms with Gasteiger partial charge in [0, 0.05) is 23.9 Å². The number of aromatic nitrogens is 1. The van der Waals surface area contributed by atoms with E-state index in [1.807, 2.05) is 26.0 Å². The molecule has 20 heavy (non-hydrogen) atoms. The van der Waals surface area contributed by atoms with Crippen LogP contribution in [0.4, 0.5) is 4.39 Å². The van der Waals surface area contributed by atoms with Gasteiger partial charge in [0.25, 0.3) is 0 Å². The Morgan fingerprint density at radius 3 is 2.80 bits per heavy atom. The van der Waals surface area contributed by atoms with E-state index >= 15 is 0 Å². The van der Waals surface area contributed by atoms with Crippen LogP contribution < -0.4 is 10.1 Å². The van der Waals surface area contributed by atoms with E-state index in [1.54, 1.807) is 25.4 Å². The van der Waals surface area contributed by atoms with Crippen LogP contribution in [0, 0.1) is 12.7 Å². The van der Waals surface area contributed by atoms with Crippen LogP contribution in [-0.2, 0) is 6.61 Å². The van der Waals surface area contributed by atoms with Crippen LogP contribution in [-0.4, -0.2) is 12.0 Å². The van der Waals surface area contributed by atoms with Gasteiger partial charge >= 0.3 is 0 Å². The zero-order chi connectivity index (χ0) is 14.5. The molecule has 1 atom stereocenters. The molecule has 1 aromatic carbocycles. The van der Waals surface area contributed by atoms with Crippen LogP contribution in [0.1, 0.15) is 29.8 Å². The molecule has 0 saturated heterocycles. The number of nitrogens with one attached hydrogen (secondary N) is 1. The van der Waals surface area contributed by atoms with Crippen molar-refractivity contribution in [2.75, 3.05) is 7.05 Å².